The largest absolute Gasteiger partial charge is 0.499 e. The maximum atomic E-state index is 9.49. The smallest absolute Gasteiger partial charge is 0.377 e. The van der Waals surface area contributed by atoms with Crippen molar-refractivity contribution in [2.75, 3.05) is 21.3 Å². The first-order valence-electron chi connectivity index (χ1n) is 4.41. The highest BCUT2D eigenvalue weighted by molar-refractivity contribution is 6.60. The first kappa shape index (κ1) is 16.7. The fourth-order valence-electron chi connectivity index (χ4n) is 0.683. The Labute approximate surface area is 92.0 Å². The topological polar surface area (TPSA) is 64.7 Å². The second-order valence-corrected chi connectivity index (χ2v) is 6.01. The van der Waals surface area contributed by atoms with Crippen LogP contribution in [0.2, 0.25) is 6.04 Å². The normalized spacial score (nSPS) is 10.2. The molecule has 0 aliphatic heterocycles. The van der Waals surface area contributed by atoms with Crippen molar-refractivity contribution in [1.29, 1.82) is 0 Å². The maximum Gasteiger partial charge on any atom is 0.499 e. The SMILES string of the molecule is C=C(C)C([O])=O.CC[Si](OC)(OC)OC. The molecule has 0 aliphatic carbocycles. The van der Waals surface area contributed by atoms with Crippen molar-refractivity contribution in [2.45, 2.75) is 19.9 Å². The molecule has 0 aliphatic rings. The molecule has 89 valence electrons. The summed E-state index contributed by atoms with van der Waals surface area (Å²) < 4.78 is 15.2. The molecular formula is C9H19O5Si. The summed E-state index contributed by atoms with van der Waals surface area (Å²) in [4.78, 5) is 9.49. The van der Waals surface area contributed by atoms with Gasteiger partial charge in [-0.2, -0.15) is 0 Å². The lowest BCUT2D eigenvalue weighted by molar-refractivity contribution is -0.138. The quantitative estimate of drug-likeness (QED) is 0.534. The number of hydrogen-bond acceptors (Lipinski definition) is 4. The van der Waals surface area contributed by atoms with Gasteiger partial charge >= 0.3 is 14.8 Å². The average molecular weight is 235 g/mol. The summed E-state index contributed by atoms with van der Waals surface area (Å²) in [5.74, 6) is -1.19. The van der Waals surface area contributed by atoms with E-state index in [0.717, 1.165) is 6.04 Å². The maximum absolute atomic E-state index is 9.49. The van der Waals surface area contributed by atoms with Gasteiger partial charge in [-0.15, -0.1) is 0 Å². The Morgan fingerprint density at radius 2 is 1.47 bits per heavy atom. The molecule has 0 aromatic rings. The van der Waals surface area contributed by atoms with Crippen molar-refractivity contribution in [1.82, 2.24) is 0 Å². The third-order valence-electron chi connectivity index (χ3n) is 1.71. The zero-order valence-corrected chi connectivity index (χ0v) is 11.0. The summed E-state index contributed by atoms with van der Waals surface area (Å²) in [5.41, 5.74) is 0.0648. The second-order valence-electron chi connectivity index (χ2n) is 2.72. The van der Waals surface area contributed by atoms with Gasteiger partial charge in [0.15, 0.2) is 0 Å². The minimum Gasteiger partial charge on any atom is -0.377 e. The van der Waals surface area contributed by atoms with E-state index in [4.69, 9.17) is 13.3 Å². The van der Waals surface area contributed by atoms with Crippen LogP contribution in [0.3, 0.4) is 0 Å². The highest BCUT2D eigenvalue weighted by atomic mass is 28.4. The van der Waals surface area contributed by atoms with Gasteiger partial charge in [-0.05, 0) is 6.92 Å². The van der Waals surface area contributed by atoms with Gasteiger partial charge in [0, 0.05) is 32.9 Å². The van der Waals surface area contributed by atoms with Crippen LogP contribution >= 0.6 is 0 Å². The first-order valence-corrected chi connectivity index (χ1v) is 6.34. The summed E-state index contributed by atoms with van der Waals surface area (Å²) in [6, 6.07) is 0.816. The van der Waals surface area contributed by atoms with Gasteiger partial charge < -0.3 is 13.3 Å². The fraction of sp³-hybridized carbons (Fsp3) is 0.667. The number of carbonyl (C=O) groups is 1. The van der Waals surface area contributed by atoms with Crippen molar-refractivity contribution in [3.63, 3.8) is 0 Å². The van der Waals surface area contributed by atoms with E-state index in [9.17, 15) is 9.90 Å². The molecule has 0 saturated carbocycles. The molecule has 0 aromatic carbocycles. The fourth-order valence-corrected chi connectivity index (χ4v) is 2.05. The number of hydrogen-bond donors (Lipinski definition) is 0. The van der Waals surface area contributed by atoms with Gasteiger partial charge in [-0.1, -0.05) is 13.5 Å². The van der Waals surface area contributed by atoms with Crippen LogP contribution in [0, 0.1) is 0 Å². The van der Waals surface area contributed by atoms with Gasteiger partial charge in [-0.25, -0.2) is 9.90 Å². The molecule has 0 N–H and O–H groups in total. The van der Waals surface area contributed by atoms with Crippen LogP contribution in [0.1, 0.15) is 13.8 Å². The van der Waals surface area contributed by atoms with Crippen molar-refractivity contribution >= 4 is 14.8 Å². The van der Waals surface area contributed by atoms with E-state index in [2.05, 4.69) is 6.58 Å². The van der Waals surface area contributed by atoms with E-state index in [-0.39, 0.29) is 5.57 Å². The average Bonchev–Trinajstić information content (AvgIpc) is 2.23. The molecular weight excluding hydrogens is 216 g/mol. The van der Waals surface area contributed by atoms with Crippen LogP contribution in [0.15, 0.2) is 12.2 Å². The van der Waals surface area contributed by atoms with Crippen molar-refractivity contribution < 1.29 is 23.2 Å². The monoisotopic (exact) mass is 235 g/mol. The van der Waals surface area contributed by atoms with Crippen LogP contribution in [0.4, 0.5) is 0 Å². The Balaban J connectivity index is 0. The van der Waals surface area contributed by atoms with Crippen LogP contribution in [-0.2, 0) is 23.2 Å². The van der Waals surface area contributed by atoms with E-state index < -0.39 is 14.8 Å². The Morgan fingerprint density at radius 3 is 1.47 bits per heavy atom. The summed E-state index contributed by atoms with van der Waals surface area (Å²) >= 11 is 0. The second kappa shape index (κ2) is 8.60. The van der Waals surface area contributed by atoms with Crippen molar-refractivity contribution in [2.24, 2.45) is 0 Å². The van der Waals surface area contributed by atoms with Gasteiger partial charge in [0.1, 0.15) is 0 Å². The van der Waals surface area contributed by atoms with Crippen LogP contribution in [0.25, 0.3) is 0 Å². The summed E-state index contributed by atoms with van der Waals surface area (Å²) in [6.45, 7) is 6.47. The molecule has 0 bridgehead atoms. The van der Waals surface area contributed by atoms with Crippen molar-refractivity contribution in [3.05, 3.63) is 12.2 Å². The lowest BCUT2D eigenvalue weighted by Crippen LogP contribution is -2.41. The minimum atomic E-state index is -2.19. The molecule has 0 spiro atoms. The van der Waals surface area contributed by atoms with Crippen molar-refractivity contribution in [3.8, 4) is 0 Å². The Morgan fingerprint density at radius 1 is 1.20 bits per heavy atom. The van der Waals surface area contributed by atoms with E-state index in [1.54, 1.807) is 21.3 Å². The van der Waals surface area contributed by atoms with E-state index >= 15 is 0 Å². The number of carbonyl (C=O) groups excluding carboxylic acids is 1. The minimum absolute atomic E-state index is 0.0648. The van der Waals surface area contributed by atoms with Gasteiger partial charge in [0.2, 0.25) is 0 Å². The molecule has 0 rings (SSSR count). The Hall–Kier alpha value is -0.693. The van der Waals surface area contributed by atoms with Crippen LogP contribution in [0.5, 0.6) is 0 Å². The third-order valence-corrected chi connectivity index (χ3v) is 4.45. The molecule has 15 heavy (non-hydrogen) atoms. The zero-order valence-electron chi connectivity index (χ0n) is 9.96. The molecule has 0 amide bonds. The molecule has 6 heteroatoms. The van der Waals surface area contributed by atoms with Gasteiger partial charge in [0.25, 0.3) is 0 Å². The highest BCUT2D eigenvalue weighted by Crippen LogP contribution is 2.10. The standard InChI is InChI=1S/C5H14O3Si.C4H5O2/c1-5-9(6-2,7-3)8-4;1-3(2)4(5)6/h5H2,1-4H3;1H2,2H3. The van der Waals surface area contributed by atoms with E-state index in [1.165, 1.54) is 6.92 Å². The van der Waals surface area contributed by atoms with Crippen LogP contribution < -0.4 is 0 Å². The lowest BCUT2D eigenvalue weighted by atomic mass is 10.4. The number of rotatable bonds is 5. The van der Waals surface area contributed by atoms with Crippen LogP contribution in [-0.4, -0.2) is 36.1 Å². The predicted molar refractivity (Wildman–Crippen MR) is 57.8 cm³/mol. The lowest BCUT2D eigenvalue weighted by Gasteiger charge is -2.22. The summed E-state index contributed by atoms with van der Waals surface area (Å²) in [5, 5.41) is 9.49. The van der Waals surface area contributed by atoms with Gasteiger partial charge in [0.05, 0.1) is 0 Å². The third kappa shape index (κ3) is 7.26. The zero-order chi connectivity index (χ0) is 12.5. The summed E-state index contributed by atoms with van der Waals surface area (Å²) in [7, 11) is 2.65. The Bertz CT molecular complexity index is 171. The molecule has 0 atom stereocenters. The molecule has 5 nitrogen and oxygen atoms in total. The molecule has 1 radical (unpaired) electrons. The van der Waals surface area contributed by atoms with E-state index in [0.29, 0.717) is 0 Å². The highest BCUT2D eigenvalue weighted by Gasteiger charge is 2.34. The van der Waals surface area contributed by atoms with E-state index in [1.807, 2.05) is 6.92 Å². The molecule has 0 aromatic heterocycles. The first-order chi connectivity index (χ1) is 6.89. The molecule has 0 fully saturated rings. The predicted octanol–water partition coefficient (Wildman–Crippen LogP) is 1.40. The van der Waals surface area contributed by atoms with Gasteiger partial charge in [-0.3, -0.25) is 0 Å². The molecule has 0 heterocycles. The molecule has 0 saturated heterocycles. The molecule has 0 unspecified atom stereocenters. The summed E-state index contributed by atoms with van der Waals surface area (Å²) in [6.07, 6.45) is 0. The Kier molecular flexibility index (Phi) is 9.59.